The average molecular weight is 456 g/mol. The largest absolute Gasteiger partial charge is 0.426 e. The summed E-state index contributed by atoms with van der Waals surface area (Å²) in [5, 5.41) is 0. The second-order valence-corrected chi connectivity index (χ2v) is 7.95. The molecule has 4 rings (SSSR count). The number of aromatic amines is 1. The summed E-state index contributed by atoms with van der Waals surface area (Å²) in [5.74, 6) is 0.759. The number of hydrogen-bond donors (Lipinski definition) is 1. The third kappa shape index (κ3) is 5.84. The minimum absolute atomic E-state index is 0.121. The Morgan fingerprint density at radius 2 is 2.13 bits per heavy atom. The van der Waals surface area contributed by atoms with Gasteiger partial charge in [0, 0.05) is 11.8 Å². The highest BCUT2D eigenvalue weighted by Gasteiger charge is 2.30. The first kappa shape index (κ1) is 23.2. The second-order valence-electron chi connectivity index (χ2n) is 6.81. The van der Waals surface area contributed by atoms with E-state index in [1.165, 1.54) is 10.8 Å². The predicted octanol–water partition coefficient (Wildman–Crippen LogP) is 2.71. The Kier molecular flexibility index (Phi) is 8.05. The third-order valence-electron chi connectivity index (χ3n) is 4.60. The fourth-order valence-electron chi connectivity index (χ4n) is 3.16. The van der Waals surface area contributed by atoms with Gasteiger partial charge in [0.15, 0.2) is 6.29 Å². The molecule has 2 aliphatic heterocycles. The van der Waals surface area contributed by atoms with E-state index in [4.69, 9.17) is 18.3 Å². The number of nitrogens with zero attached hydrogens (tertiary/aromatic N) is 1. The minimum Gasteiger partial charge on any atom is -0.426 e. The summed E-state index contributed by atoms with van der Waals surface area (Å²) in [7, 11) is -0.555. The molecule has 3 unspecified atom stereocenters. The molecule has 0 spiro atoms. The van der Waals surface area contributed by atoms with Crippen LogP contribution in [0.15, 0.2) is 34.0 Å². The lowest BCUT2D eigenvalue weighted by atomic mass is 10.1. The maximum absolute atomic E-state index is 12.0. The van der Waals surface area contributed by atoms with Crippen molar-refractivity contribution in [1.82, 2.24) is 9.55 Å². The molecular weight excluding hydrogens is 434 g/mol. The monoisotopic (exact) mass is 456 g/mol. The van der Waals surface area contributed by atoms with E-state index in [0.717, 1.165) is 24.0 Å². The van der Waals surface area contributed by atoms with Crippen LogP contribution in [0.25, 0.3) is 0 Å². The predicted molar refractivity (Wildman–Crippen MR) is 107 cm³/mol. The average Bonchev–Trinajstić information content (AvgIpc) is 3.21. The number of ether oxygens (including phenoxy) is 1. The van der Waals surface area contributed by atoms with Crippen molar-refractivity contribution < 1.29 is 32.6 Å². The molecule has 2 aliphatic rings. The fourth-order valence-corrected chi connectivity index (χ4v) is 4.21. The molecule has 31 heavy (non-hydrogen) atoms. The topological polar surface area (TPSA) is 118 Å². The standard InChI is InChI=1S/C18H19N2O7P.CH3FO/c1-11-2-4-15-12(6-11)9-24-28(27-15)25-10-14-3-5-16(26-14)20-7-13(8-21)17(22)19-18(20)23;1-3-2/h2,4,6-8,14,16H,3,5,9-10H2,1H3,(H,19,22,23);1H3. The molecule has 168 valence electrons. The van der Waals surface area contributed by atoms with Gasteiger partial charge in [-0.2, -0.15) is 4.94 Å². The Labute approximate surface area is 177 Å². The molecule has 1 saturated heterocycles. The first-order valence-corrected chi connectivity index (χ1v) is 10.5. The number of aryl methyl sites for hydroxylation is 1. The van der Waals surface area contributed by atoms with E-state index in [-0.39, 0.29) is 18.3 Å². The maximum Gasteiger partial charge on any atom is 0.397 e. The number of fused-ring (bicyclic) bond motifs is 1. The first-order chi connectivity index (χ1) is 14.9. The highest BCUT2D eigenvalue weighted by molar-refractivity contribution is 7.42. The van der Waals surface area contributed by atoms with E-state index < -0.39 is 26.1 Å². The summed E-state index contributed by atoms with van der Waals surface area (Å²) < 4.78 is 34.0. The Balaban J connectivity index is 0.000000858. The van der Waals surface area contributed by atoms with Crippen LogP contribution in [0, 0.1) is 6.92 Å². The molecule has 0 bridgehead atoms. The Morgan fingerprint density at radius 3 is 2.87 bits per heavy atom. The SMILES string of the molecule is COF.Cc1ccc2c(c1)COP(OCC1CCC(n3cc(C=O)c(=O)[nH]c3=O)O1)O2. The summed E-state index contributed by atoms with van der Waals surface area (Å²) in [6.07, 6.45) is 2.02. The van der Waals surface area contributed by atoms with Gasteiger partial charge in [-0.1, -0.05) is 17.7 Å². The van der Waals surface area contributed by atoms with Gasteiger partial charge in [0.05, 0.1) is 32.0 Å². The lowest BCUT2D eigenvalue weighted by Gasteiger charge is -2.25. The van der Waals surface area contributed by atoms with Crippen molar-refractivity contribution in [3.05, 3.63) is 61.9 Å². The summed E-state index contributed by atoms with van der Waals surface area (Å²) in [6.45, 7) is 2.69. The molecule has 3 atom stereocenters. The number of aromatic nitrogens is 2. The van der Waals surface area contributed by atoms with Crippen LogP contribution in [0.5, 0.6) is 5.75 Å². The highest BCUT2D eigenvalue weighted by Crippen LogP contribution is 2.47. The first-order valence-electron chi connectivity index (χ1n) is 9.39. The lowest BCUT2D eigenvalue weighted by Crippen LogP contribution is -2.34. The van der Waals surface area contributed by atoms with Crippen LogP contribution in [0.3, 0.4) is 0 Å². The molecule has 0 saturated carbocycles. The summed E-state index contributed by atoms with van der Waals surface area (Å²) >= 11 is 0. The van der Waals surface area contributed by atoms with E-state index in [0.29, 0.717) is 25.7 Å². The number of aldehydes is 1. The van der Waals surface area contributed by atoms with Crippen molar-refractivity contribution in [1.29, 1.82) is 0 Å². The number of carbonyl (C=O) groups excluding carboxylic acids is 1. The third-order valence-corrected chi connectivity index (χ3v) is 5.64. The van der Waals surface area contributed by atoms with Gasteiger partial charge in [0.2, 0.25) is 0 Å². The van der Waals surface area contributed by atoms with Gasteiger partial charge < -0.3 is 9.26 Å². The van der Waals surface area contributed by atoms with Gasteiger partial charge in [-0.15, -0.1) is 0 Å². The molecule has 2 aromatic rings. The van der Waals surface area contributed by atoms with Gasteiger partial charge in [-0.05, 0) is 30.4 Å². The summed E-state index contributed by atoms with van der Waals surface area (Å²) in [6, 6.07) is 5.89. The van der Waals surface area contributed by atoms with Gasteiger partial charge in [0.1, 0.15) is 12.0 Å². The van der Waals surface area contributed by atoms with Crippen LogP contribution in [0.4, 0.5) is 4.53 Å². The molecule has 0 amide bonds. The quantitative estimate of drug-likeness (QED) is 0.539. The number of benzene rings is 1. The van der Waals surface area contributed by atoms with E-state index in [9.17, 15) is 18.9 Å². The van der Waals surface area contributed by atoms with Crippen LogP contribution in [0.1, 0.15) is 40.6 Å². The minimum atomic E-state index is -1.51. The lowest BCUT2D eigenvalue weighted by molar-refractivity contribution is -0.0960. The number of hydrogen-bond acceptors (Lipinski definition) is 8. The molecule has 3 heterocycles. The molecule has 1 fully saturated rings. The van der Waals surface area contributed by atoms with Crippen LogP contribution in [0.2, 0.25) is 0 Å². The fraction of sp³-hybridized carbons (Fsp3) is 0.421. The Hall–Kier alpha value is -2.43. The van der Waals surface area contributed by atoms with E-state index >= 15 is 0 Å². The molecule has 1 aromatic heterocycles. The van der Waals surface area contributed by atoms with Crippen molar-refractivity contribution >= 4 is 14.9 Å². The molecular formula is C19H22FN2O8P. The van der Waals surface area contributed by atoms with E-state index in [1.807, 2.05) is 25.1 Å². The van der Waals surface area contributed by atoms with Crippen LogP contribution >= 0.6 is 8.60 Å². The molecule has 1 N–H and O–H groups in total. The van der Waals surface area contributed by atoms with Crippen LogP contribution < -0.4 is 15.8 Å². The Bertz CT molecular complexity index is 1030. The van der Waals surface area contributed by atoms with Crippen molar-refractivity contribution in [2.24, 2.45) is 0 Å². The van der Waals surface area contributed by atoms with E-state index in [2.05, 4.69) is 9.93 Å². The van der Waals surface area contributed by atoms with Gasteiger partial charge in [0.25, 0.3) is 5.56 Å². The maximum atomic E-state index is 12.0. The highest BCUT2D eigenvalue weighted by atomic mass is 31.2. The number of halogens is 1. The number of carbonyl (C=O) groups is 1. The Morgan fingerprint density at radius 1 is 1.35 bits per heavy atom. The summed E-state index contributed by atoms with van der Waals surface area (Å²) in [5.41, 5.74) is 0.683. The molecule has 0 radical (unpaired) electrons. The zero-order valence-corrected chi connectivity index (χ0v) is 17.8. The number of rotatable bonds is 5. The molecule has 1 aromatic carbocycles. The van der Waals surface area contributed by atoms with Crippen molar-refractivity contribution in [3.63, 3.8) is 0 Å². The molecule has 0 aliphatic carbocycles. The van der Waals surface area contributed by atoms with Gasteiger partial charge in [-0.25, -0.2) is 4.79 Å². The zero-order valence-electron chi connectivity index (χ0n) is 16.9. The van der Waals surface area contributed by atoms with Crippen LogP contribution in [-0.2, 0) is 25.3 Å². The smallest absolute Gasteiger partial charge is 0.397 e. The van der Waals surface area contributed by atoms with Crippen LogP contribution in [-0.4, -0.2) is 35.7 Å². The van der Waals surface area contributed by atoms with Crippen molar-refractivity contribution in [2.75, 3.05) is 13.7 Å². The molecule has 10 nitrogen and oxygen atoms in total. The second kappa shape index (κ2) is 10.7. The van der Waals surface area contributed by atoms with Gasteiger partial charge in [-0.3, -0.25) is 28.2 Å². The molecule has 12 heteroatoms. The van der Waals surface area contributed by atoms with E-state index in [1.54, 1.807) is 0 Å². The van der Waals surface area contributed by atoms with Crippen molar-refractivity contribution in [3.8, 4) is 5.75 Å². The van der Waals surface area contributed by atoms with Gasteiger partial charge >= 0.3 is 14.3 Å². The normalized spacial score (nSPS) is 22.1. The zero-order chi connectivity index (χ0) is 22.4. The summed E-state index contributed by atoms with van der Waals surface area (Å²) in [4.78, 5) is 39.3. The number of H-pyrrole nitrogens is 1. The number of nitrogens with one attached hydrogen (secondary N) is 1. The van der Waals surface area contributed by atoms with Crippen molar-refractivity contribution in [2.45, 2.75) is 38.7 Å².